The van der Waals surface area contributed by atoms with Gasteiger partial charge in [-0.1, -0.05) is 25.3 Å². The molecule has 5 heterocycles. The van der Waals surface area contributed by atoms with Crippen molar-refractivity contribution >= 4 is 33.4 Å². The molecule has 2 aromatic heterocycles. The highest BCUT2D eigenvalue weighted by atomic mass is 19.1. The quantitative estimate of drug-likeness (QED) is 0.199. The Morgan fingerprint density at radius 2 is 1.96 bits per heavy atom. The molecule has 4 aliphatic rings. The van der Waals surface area contributed by atoms with E-state index in [4.69, 9.17) is 25.9 Å². The number of aromatic hydroxyl groups is 1. The number of nitrogens with zero attached hydrogens (tertiary/aromatic N) is 6. The Morgan fingerprint density at radius 3 is 2.79 bits per heavy atom. The fourth-order valence-electron chi connectivity index (χ4n) is 9.24. The summed E-state index contributed by atoms with van der Waals surface area (Å²) in [6, 6.07) is 6.02. The van der Waals surface area contributed by atoms with Crippen molar-refractivity contribution in [1.82, 2.24) is 24.8 Å². The Morgan fingerprint density at radius 1 is 1.11 bits per heavy atom. The number of carbonyl (C=O) groups excluding carboxylic acids is 1. The first kappa shape index (κ1) is 35.4. The summed E-state index contributed by atoms with van der Waals surface area (Å²) in [5, 5.41) is 11.8. The van der Waals surface area contributed by atoms with Crippen LogP contribution >= 0.6 is 0 Å². The fourth-order valence-corrected chi connectivity index (χ4v) is 9.24. The first-order chi connectivity index (χ1) is 25.8. The molecule has 3 aliphatic heterocycles. The van der Waals surface area contributed by atoms with Gasteiger partial charge in [-0.2, -0.15) is 9.97 Å². The molecular weight excluding hydrogens is 678 g/mol. The Balaban J connectivity index is 1.12. The first-order valence-corrected chi connectivity index (χ1v) is 19.0. The summed E-state index contributed by atoms with van der Waals surface area (Å²) >= 11 is 0. The van der Waals surface area contributed by atoms with Crippen molar-refractivity contribution in [3.05, 3.63) is 47.7 Å². The smallest absolute Gasteiger partial charge is 0.319 e. The number of phenols is 1. The number of fused-ring (bicyclic) bond motifs is 3. The van der Waals surface area contributed by atoms with Gasteiger partial charge in [0.2, 0.25) is 5.91 Å². The van der Waals surface area contributed by atoms with E-state index in [2.05, 4.69) is 20.7 Å². The number of likely N-dealkylation sites (tertiary alicyclic amines) is 2. The predicted octanol–water partition coefficient (Wildman–Crippen LogP) is 6.31. The van der Waals surface area contributed by atoms with E-state index in [1.807, 2.05) is 11.8 Å². The third-order valence-electron chi connectivity index (χ3n) is 12.0. The van der Waals surface area contributed by atoms with Crippen LogP contribution in [0, 0.1) is 35.3 Å². The van der Waals surface area contributed by atoms with Crippen molar-refractivity contribution in [2.45, 2.75) is 64.3 Å². The zero-order chi connectivity index (χ0) is 36.7. The Hall–Kier alpha value is -4.60. The second kappa shape index (κ2) is 14.7. The summed E-state index contributed by atoms with van der Waals surface area (Å²) in [6.45, 7) is 8.47. The maximum atomic E-state index is 17.0. The number of piperidine rings is 1. The lowest BCUT2D eigenvalue weighted by atomic mass is 9.75. The van der Waals surface area contributed by atoms with Crippen molar-refractivity contribution < 1.29 is 28.2 Å². The number of ether oxygens (including phenoxy) is 2. The second-order valence-electron chi connectivity index (χ2n) is 15.1. The minimum atomic E-state index is -0.739. The zero-order valence-electron chi connectivity index (χ0n) is 30.3. The van der Waals surface area contributed by atoms with E-state index in [9.17, 15) is 14.3 Å². The van der Waals surface area contributed by atoms with Crippen LogP contribution in [0.15, 0.2) is 30.5 Å². The molecule has 1 saturated carbocycles. The molecule has 2 aromatic carbocycles. The van der Waals surface area contributed by atoms with Crippen LogP contribution in [0.4, 0.5) is 14.6 Å². The number of hydrogen-bond acceptors (Lipinski definition) is 9. The molecule has 0 spiro atoms. The fraction of sp³-hybridized carbons (Fsp3) is 0.512. The third kappa shape index (κ3) is 6.63. The van der Waals surface area contributed by atoms with Crippen LogP contribution in [0.1, 0.15) is 63.9 Å². The van der Waals surface area contributed by atoms with Crippen molar-refractivity contribution in [3.63, 3.8) is 0 Å². The second-order valence-corrected chi connectivity index (χ2v) is 15.1. The molecule has 1 N–H and O–H groups in total. The van der Waals surface area contributed by atoms with Crippen LogP contribution in [-0.4, -0.2) is 101 Å². The standard InChI is InChI=1S/C41H46F2N6O4/c1-3-29-32(42)10-9-27-20-28(50)21-30(35(27)29)37-36(43)38-31(22-44-37)39(48-15-7-18-52-19-17-48)46-40(45-38)53-25-41-12-5-8-33(41)47(14-6-13-41)16-11-26-23-49(24-26)34(51)4-2/h1,9-10,20-22,26,33,50H,4-8,11-19,23-25H2,2H3. The summed E-state index contributed by atoms with van der Waals surface area (Å²) in [6.07, 6.45) is 15.1. The molecule has 8 rings (SSSR count). The van der Waals surface area contributed by atoms with Gasteiger partial charge < -0.3 is 24.4 Å². The van der Waals surface area contributed by atoms with Crippen molar-refractivity contribution in [1.29, 1.82) is 0 Å². The van der Waals surface area contributed by atoms with Gasteiger partial charge in [-0.15, -0.1) is 6.42 Å². The first-order valence-electron chi connectivity index (χ1n) is 19.0. The molecule has 12 heteroatoms. The van der Waals surface area contributed by atoms with Crippen molar-refractivity contribution in [2.24, 2.45) is 11.3 Å². The molecule has 2 atom stereocenters. The Labute approximate surface area is 308 Å². The Bertz CT molecular complexity index is 2080. The number of aromatic nitrogens is 3. The van der Waals surface area contributed by atoms with Crippen LogP contribution in [0.25, 0.3) is 32.9 Å². The topological polar surface area (TPSA) is 104 Å². The van der Waals surface area contributed by atoms with Gasteiger partial charge >= 0.3 is 6.01 Å². The molecule has 10 nitrogen and oxygen atoms in total. The molecule has 278 valence electrons. The molecular formula is C41H46F2N6O4. The average molecular weight is 725 g/mol. The number of rotatable bonds is 9. The number of benzene rings is 2. The Kier molecular flexibility index (Phi) is 9.81. The highest BCUT2D eigenvalue weighted by molar-refractivity contribution is 6.03. The summed E-state index contributed by atoms with van der Waals surface area (Å²) in [7, 11) is 0. The third-order valence-corrected chi connectivity index (χ3v) is 12.0. The zero-order valence-corrected chi connectivity index (χ0v) is 30.3. The normalized spacial score (nSPS) is 22.4. The minimum absolute atomic E-state index is 0.0251. The van der Waals surface area contributed by atoms with Gasteiger partial charge in [0.25, 0.3) is 0 Å². The van der Waals surface area contributed by atoms with E-state index in [-0.39, 0.29) is 50.8 Å². The summed E-state index contributed by atoms with van der Waals surface area (Å²) < 4.78 is 44.2. The molecule has 4 aromatic rings. The lowest BCUT2D eigenvalue weighted by Gasteiger charge is -2.47. The van der Waals surface area contributed by atoms with Crippen molar-refractivity contribution in [2.75, 3.05) is 64.0 Å². The SMILES string of the molecule is C#Cc1c(F)ccc2cc(O)cc(-c3ncc4c(N5CCCOCC5)nc(OCC56CCCC5N(CCC5CN(C(=O)CC)C5)CCC6)nc4c3F)c12. The number of pyridine rings is 1. The highest BCUT2D eigenvalue weighted by Gasteiger charge is 2.48. The summed E-state index contributed by atoms with van der Waals surface area (Å²) in [5.41, 5.74) is -0.0172. The van der Waals surface area contributed by atoms with E-state index in [0.717, 1.165) is 71.1 Å². The van der Waals surface area contributed by atoms with Crippen LogP contribution in [0.2, 0.25) is 0 Å². The monoisotopic (exact) mass is 724 g/mol. The van der Waals surface area contributed by atoms with Crippen molar-refractivity contribution in [3.8, 4) is 35.4 Å². The van der Waals surface area contributed by atoms with Gasteiger partial charge in [0.15, 0.2) is 5.82 Å². The number of halogens is 2. The average Bonchev–Trinajstić information content (AvgIpc) is 3.40. The van der Waals surface area contributed by atoms with Gasteiger partial charge in [0.05, 0.1) is 24.2 Å². The van der Waals surface area contributed by atoms with Crippen LogP contribution in [-0.2, 0) is 9.53 Å². The van der Waals surface area contributed by atoms with Gasteiger partial charge in [-0.05, 0) is 81.1 Å². The molecule has 4 fully saturated rings. The van der Waals surface area contributed by atoms with Gasteiger partial charge in [-0.25, -0.2) is 8.78 Å². The summed E-state index contributed by atoms with van der Waals surface area (Å²) in [4.78, 5) is 32.8. The maximum absolute atomic E-state index is 17.0. The molecule has 2 unspecified atom stereocenters. The van der Waals surface area contributed by atoms with E-state index < -0.39 is 11.6 Å². The van der Waals surface area contributed by atoms with E-state index in [1.165, 1.54) is 30.5 Å². The molecule has 3 saturated heterocycles. The van der Waals surface area contributed by atoms with Crippen LogP contribution in [0.5, 0.6) is 11.8 Å². The summed E-state index contributed by atoms with van der Waals surface area (Å²) in [5.74, 6) is 2.22. The van der Waals surface area contributed by atoms with Gasteiger partial charge in [0.1, 0.15) is 28.6 Å². The lowest BCUT2D eigenvalue weighted by molar-refractivity contribution is -0.137. The van der Waals surface area contributed by atoms with Crippen LogP contribution in [0.3, 0.4) is 0 Å². The highest BCUT2D eigenvalue weighted by Crippen LogP contribution is 2.48. The molecule has 0 bridgehead atoms. The van der Waals surface area contributed by atoms with E-state index in [0.29, 0.717) is 67.9 Å². The number of carbonyl (C=O) groups is 1. The number of hydrogen-bond donors (Lipinski definition) is 1. The van der Waals surface area contributed by atoms with Gasteiger partial charge in [-0.3, -0.25) is 14.7 Å². The van der Waals surface area contributed by atoms with Crippen LogP contribution < -0.4 is 9.64 Å². The number of amides is 1. The maximum Gasteiger partial charge on any atom is 0.319 e. The number of phenolic OH excluding ortho intramolecular Hbond substituents is 1. The number of terminal acetylenes is 1. The molecule has 1 amide bonds. The largest absolute Gasteiger partial charge is 0.508 e. The molecule has 0 radical (unpaired) electrons. The van der Waals surface area contributed by atoms with E-state index >= 15 is 4.39 Å². The predicted molar refractivity (Wildman–Crippen MR) is 199 cm³/mol. The van der Waals surface area contributed by atoms with Gasteiger partial charge in [0, 0.05) is 67.8 Å². The molecule has 53 heavy (non-hydrogen) atoms. The van der Waals surface area contributed by atoms with E-state index in [1.54, 1.807) is 0 Å². The minimum Gasteiger partial charge on any atom is -0.508 e. The lowest BCUT2D eigenvalue weighted by Crippen LogP contribution is -2.54. The molecule has 1 aliphatic carbocycles. The number of anilines is 1.